The molecular weight excluding hydrogens is 384 g/mol. The number of carbonyl (C=O) groups excluding carboxylic acids is 1. The summed E-state index contributed by atoms with van der Waals surface area (Å²) in [5, 5.41) is 10.2. The first kappa shape index (κ1) is 23.7. The van der Waals surface area contributed by atoms with Crippen LogP contribution in [0.15, 0.2) is 42.5 Å². The Labute approximate surface area is 178 Å². The number of hydrogen-bond donors (Lipinski definition) is 1. The van der Waals surface area contributed by atoms with Gasteiger partial charge in [-0.15, -0.1) is 0 Å². The van der Waals surface area contributed by atoms with Crippen LogP contribution in [-0.2, 0) is 20.7 Å². The molecule has 0 saturated carbocycles. The largest absolute Gasteiger partial charge is 0.491 e. The van der Waals surface area contributed by atoms with Crippen LogP contribution in [0, 0.1) is 13.8 Å². The molecule has 1 N–H and O–H groups in total. The van der Waals surface area contributed by atoms with Gasteiger partial charge in [0, 0.05) is 6.42 Å². The third kappa shape index (κ3) is 7.69. The third-order valence-corrected chi connectivity index (χ3v) is 4.42. The molecule has 0 saturated heterocycles. The molecular formula is C24H32O6. The zero-order valence-corrected chi connectivity index (χ0v) is 18.4. The number of rotatable bonds is 11. The second kappa shape index (κ2) is 11.6. The zero-order chi connectivity index (χ0) is 22.1. The van der Waals surface area contributed by atoms with Gasteiger partial charge in [0.1, 0.15) is 30.8 Å². The Morgan fingerprint density at radius 1 is 1.03 bits per heavy atom. The van der Waals surface area contributed by atoms with Crippen LogP contribution >= 0.6 is 0 Å². The van der Waals surface area contributed by atoms with Crippen LogP contribution in [-0.4, -0.2) is 49.7 Å². The fourth-order valence-corrected chi connectivity index (χ4v) is 3.01. The van der Waals surface area contributed by atoms with E-state index in [9.17, 15) is 9.90 Å². The van der Waals surface area contributed by atoms with Crippen LogP contribution in [0.1, 0.15) is 30.5 Å². The quantitative estimate of drug-likeness (QED) is 0.564. The van der Waals surface area contributed by atoms with Crippen molar-refractivity contribution in [2.75, 3.05) is 20.3 Å². The number of carbonyl (C=O) groups is 1. The molecule has 6 heteroatoms. The summed E-state index contributed by atoms with van der Waals surface area (Å²) in [6.07, 6.45) is -1.18. The van der Waals surface area contributed by atoms with Crippen molar-refractivity contribution in [3.63, 3.8) is 0 Å². The molecule has 2 rings (SSSR count). The van der Waals surface area contributed by atoms with Crippen LogP contribution in [0.4, 0.5) is 0 Å². The maximum atomic E-state index is 12.0. The summed E-state index contributed by atoms with van der Waals surface area (Å²) in [5.74, 6) is 0.945. The highest BCUT2D eigenvalue weighted by Gasteiger charge is 2.22. The molecule has 2 aromatic carbocycles. The van der Waals surface area contributed by atoms with Crippen molar-refractivity contribution in [1.82, 2.24) is 0 Å². The first-order chi connectivity index (χ1) is 14.3. The zero-order valence-electron chi connectivity index (χ0n) is 18.4. The van der Waals surface area contributed by atoms with Crippen molar-refractivity contribution < 1.29 is 28.8 Å². The van der Waals surface area contributed by atoms with Gasteiger partial charge < -0.3 is 24.1 Å². The smallest absolute Gasteiger partial charge is 0.335 e. The molecule has 0 spiro atoms. The summed E-state index contributed by atoms with van der Waals surface area (Å²) >= 11 is 0. The SMILES string of the molecule is COC(=O)[C@H](Cc1cccc(OC[C@@H](O)COc2ccc(C)cc2C)c1)OC(C)C. The topological polar surface area (TPSA) is 74.2 Å². The first-order valence-electron chi connectivity index (χ1n) is 10.1. The fraction of sp³-hybridized carbons (Fsp3) is 0.458. The van der Waals surface area contributed by atoms with Gasteiger partial charge in [0.15, 0.2) is 6.10 Å². The average Bonchev–Trinajstić information content (AvgIpc) is 2.70. The van der Waals surface area contributed by atoms with E-state index in [1.54, 1.807) is 6.07 Å². The Morgan fingerprint density at radius 2 is 1.77 bits per heavy atom. The van der Waals surface area contributed by atoms with Gasteiger partial charge in [0.2, 0.25) is 0 Å². The van der Waals surface area contributed by atoms with E-state index in [1.165, 1.54) is 7.11 Å². The highest BCUT2D eigenvalue weighted by atomic mass is 16.6. The minimum absolute atomic E-state index is 0.0945. The summed E-state index contributed by atoms with van der Waals surface area (Å²) in [4.78, 5) is 12.0. The number of aliphatic hydroxyl groups excluding tert-OH is 1. The molecule has 0 bridgehead atoms. The third-order valence-electron chi connectivity index (χ3n) is 4.42. The van der Waals surface area contributed by atoms with E-state index in [1.807, 2.05) is 64.1 Å². The summed E-state index contributed by atoms with van der Waals surface area (Å²) in [6.45, 7) is 7.97. The van der Waals surface area contributed by atoms with Gasteiger partial charge in [0.05, 0.1) is 13.2 Å². The maximum Gasteiger partial charge on any atom is 0.335 e. The summed E-state index contributed by atoms with van der Waals surface area (Å²) in [7, 11) is 1.35. The first-order valence-corrected chi connectivity index (χ1v) is 10.1. The van der Waals surface area contributed by atoms with Crippen LogP contribution in [0.5, 0.6) is 11.5 Å². The number of aryl methyl sites for hydroxylation is 2. The van der Waals surface area contributed by atoms with Crippen LogP contribution in [0.2, 0.25) is 0 Å². The number of methoxy groups -OCH3 is 1. The minimum atomic E-state index is -0.776. The van der Waals surface area contributed by atoms with Crippen molar-refractivity contribution >= 4 is 5.97 Å². The summed E-state index contributed by atoms with van der Waals surface area (Å²) in [6, 6.07) is 13.3. The lowest BCUT2D eigenvalue weighted by Gasteiger charge is -2.19. The molecule has 0 fully saturated rings. The van der Waals surface area contributed by atoms with Crippen LogP contribution in [0.3, 0.4) is 0 Å². The highest BCUT2D eigenvalue weighted by Crippen LogP contribution is 2.20. The molecule has 0 aliphatic heterocycles. The molecule has 0 heterocycles. The maximum absolute atomic E-state index is 12.0. The van der Waals surface area contributed by atoms with Gasteiger partial charge in [0.25, 0.3) is 0 Å². The van der Waals surface area contributed by atoms with E-state index in [-0.39, 0.29) is 19.3 Å². The number of hydrogen-bond acceptors (Lipinski definition) is 6. The van der Waals surface area contributed by atoms with Crippen molar-refractivity contribution in [3.8, 4) is 11.5 Å². The minimum Gasteiger partial charge on any atom is -0.491 e. The number of esters is 1. The molecule has 164 valence electrons. The predicted molar refractivity (Wildman–Crippen MR) is 115 cm³/mol. The van der Waals surface area contributed by atoms with E-state index >= 15 is 0 Å². The second-order valence-corrected chi connectivity index (χ2v) is 7.59. The second-order valence-electron chi connectivity index (χ2n) is 7.59. The standard InChI is InChI=1S/C24H32O6/c1-16(2)30-23(24(26)27-5)13-19-7-6-8-21(12-19)28-14-20(25)15-29-22-10-9-17(3)11-18(22)4/h6-12,16,20,23,25H,13-15H2,1-5H3/t20-,23+/m1/s1. The highest BCUT2D eigenvalue weighted by molar-refractivity contribution is 5.75. The molecule has 2 atom stereocenters. The Bertz CT molecular complexity index is 817. The van der Waals surface area contributed by atoms with E-state index < -0.39 is 18.2 Å². The van der Waals surface area contributed by atoms with Gasteiger partial charge in [-0.25, -0.2) is 4.79 Å². The van der Waals surface area contributed by atoms with Crippen molar-refractivity contribution in [3.05, 3.63) is 59.2 Å². The molecule has 0 unspecified atom stereocenters. The Hall–Kier alpha value is -2.57. The molecule has 6 nitrogen and oxygen atoms in total. The molecule has 0 aliphatic rings. The van der Waals surface area contributed by atoms with Crippen LogP contribution < -0.4 is 9.47 Å². The monoisotopic (exact) mass is 416 g/mol. The summed E-state index contributed by atoms with van der Waals surface area (Å²) < 4.78 is 21.9. The molecule has 30 heavy (non-hydrogen) atoms. The van der Waals surface area contributed by atoms with Crippen molar-refractivity contribution in [2.45, 2.75) is 52.4 Å². The van der Waals surface area contributed by atoms with E-state index in [4.69, 9.17) is 18.9 Å². The molecule has 0 amide bonds. The lowest BCUT2D eigenvalue weighted by molar-refractivity contribution is -0.156. The number of aliphatic hydroxyl groups is 1. The lowest BCUT2D eigenvalue weighted by atomic mass is 10.1. The van der Waals surface area contributed by atoms with Crippen LogP contribution in [0.25, 0.3) is 0 Å². The van der Waals surface area contributed by atoms with Gasteiger partial charge >= 0.3 is 5.97 Å². The van der Waals surface area contributed by atoms with E-state index in [0.29, 0.717) is 12.2 Å². The number of ether oxygens (including phenoxy) is 4. The van der Waals surface area contributed by atoms with Gasteiger partial charge in [-0.3, -0.25) is 0 Å². The average molecular weight is 417 g/mol. The van der Waals surface area contributed by atoms with Crippen molar-refractivity contribution in [1.29, 1.82) is 0 Å². The normalized spacial score (nSPS) is 13.0. The molecule has 2 aromatic rings. The van der Waals surface area contributed by atoms with E-state index in [0.717, 1.165) is 22.4 Å². The van der Waals surface area contributed by atoms with Gasteiger partial charge in [-0.1, -0.05) is 29.8 Å². The van der Waals surface area contributed by atoms with Gasteiger partial charge in [-0.2, -0.15) is 0 Å². The predicted octanol–water partition coefficient (Wildman–Crippen LogP) is 3.63. The Balaban J connectivity index is 1.88. The molecule has 0 radical (unpaired) electrons. The molecule has 0 aliphatic carbocycles. The van der Waals surface area contributed by atoms with E-state index in [2.05, 4.69) is 0 Å². The summed E-state index contributed by atoms with van der Waals surface area (Å²) in [5.41, 5.74) is 3.07. The van der Waals surface area contributed by atoms with Gasteiger partial charge in [-0.05, 0) is 57.0 Å². The number of benzene rings is 2. The fourth-order valence-electron chi connectivity index (χ4n) is 3.01. The Kier molecular flexibility index (Phi) is 9.15. The lowest BCUT2D eigenvalue weighted by Crippen LogP contribution is -2.30. The Morgan fingerprint density at radius 3 is 2.43 bits per heavy atom. The van der Waals surface area contributed by atoms with Crippen molar-refractivity contribution in [2.24, 2.45) is 0 Å². The molecule has 0 aromatic heterocycles.